The van der Waals surface area contributed by atoms with Gasteiger partial charge in [-0.1, -0.05) is 54.1 Å². The number of benzene rings is 1. The lowest BCUT2D eigenvalue weighted by Gasteiger charge is -2.03. The normalized spacial score (nSPS) is 10.5. The fourth-order valence-electron chi connectivity index (χ4n) is 1.72. The number of hydrogen-bond donors (Lipinski definition) is 0. The molecule has 0 aliphatic heterocycles. The average molecular weight is 296 g/mol. The van der Waals surface area contributed by atoms with Crippen molar-refractivity contribution in [2.75, 3.05) is 6.61 Å². The number of aryl methyl sites for hydroxylation is 1. The zero-order valence-corrected chi connectivity index (χ0v) is 12.3. The molecule has 5 heteroatoms. The van der Waals surface area contributed by atoms with Crippen LogP contribution in [0.1, 0.15) is 29.1 Å². The van der Waals surface area contributed by atoms with Gasteiger partial charge >= 0.3 is 5.97 Å². The van der Waals surface area contributed by atoms with Crippen molar-refractivity contribution >= 4 is 28.9 Å². The minimum absolute atomic E-state index is 0.336. The van der Waals surface area contributed by atoms with Crippen molar-refractivity contribution in [3.63, 3.8) is 0 Å². The van der Waals surface area contributed by atoms with Crippen LogP contribution in [0.4, 0.5) is 0 Å². The van der Waals surface area contributed by atoms with Crippen molar-refractivity contribution in [1.82, 2.24) is 4.98 Å². The third kappa shape index (κ3) is 3.14. The van der Waals surface area contributed by atoms with Crippen LogP contribution in [0.3, 0.4) is 0 Å². The van der Waals surface area contributed by atoms with Crippen molar-refractivity contribution in [2.24, 2.45) is 0 Å². The number of carbonyl (C=O) groups excluding carboxylic acids is 1. The third-order valence-electron chi connectivity index (χ3n) is 2.70. The van der Waals surface area contributed by atoms with Gasteiger partial charge in [0.1, 0.15) is 4.88 Å². The molecule has 0 bridgehead atoms. The summed E-state index contributed by atoms with van der Waals surface area (Å²) in [5, 5.41) is 0. The Bertz CT molecular complexity index is 578. The summed E-state index contributed by atoms with van der Waals surface area (Å²) in [7, 11) is 0. The molecule has 0 atom stereocenters. The van der Waals surface area contributed by atoms with Gasteiger partial charge < -0.3 is 4.74 Å². The highest BCUT2D eigenvalue weighted by atomic mass is 35.5. The number of halogens is 1. The molecule has 0 radical (unpaired) electrons. The van der Waals surface area contributed by atoms with Crippen LogP contribution >= 0.6 is 22.9 Å². The van der Waals surface area contributed by atoms with E-state index >= 15 is 0 Å². The molecule has 100 valence electrons. The van der Waals surface area contributed by atoms with Gasteiger partial charge in [0.25, 0.3) is 0 Å². The second kappa shape index (κ2) is 6.17. The van der Waals surface area contributed by atoms with E-state index in [1.54, 1.807) is 6.92 Å². The number of esters is 1. The van der Waals surface area contributed by atoms with Crippen molar-refractivity contribution in [3.05, 3.63) is 39.2 Å². The van der Waals surface area contributed by atoms with E-state index in [4.69, 9.17) is 16.3 Å². The number of hydrogen-bond acceptors (Lipinski definition) is 4. The second-order valence-electron chi connectivity index (χ2n) is 3.92. The van der Waals surface area contributed by atoms with E-state index in [0.717, 1.165) is 23.3 Å². The zero-order chi connectivity index (χ0) is 13.8. The topological polar surface area (TPSA) is 39.2 Å². The maximum absolute atomic E-state index is 11.9. The summed E-state index contributed by atoms with van der Waals surface area (Å²) in [6.45, 7) is 4.21. The number of thiazole rings is 1. The largest absolute Gasteiger partial charge is 0.462 e. The number of nitrogens with zero attached hydrogens (tertiary/aromatic N) is 1. The van der Waals surface area contributed by atoms with Crippen LogP contribution in [0.15, 0.2) is 24.3 Å². The summed E-state index contributed by atoms with van der Waals surface area (Å²) < 4.78 is 5.37. The van der Waals surface area contributed by atoms with Gasteiger partial charge in [0.05, 0.1) is 12.3 Å². The molecule has 2 aromatic rings. The Labute approximate surface area is 121 Å². The molecule has 0 amide bonds. The van der Waals surface area contributed by atoms with Gasteiger partial charge in [-0.15, -0.1) is 0 Å². The number of ether oxygens (including phenoxy) is 1. The van der Waals surface area contributed by atoms with Gasteiger partial charge in [0.2, 0.25) is 0 Å². The van der Waals surface area contributed by atoms with E-state index in [2.05, 4.69) is 11.9 Å². The van der Waals surface area contributed by atoms with E-state index in [1.165, 1.54) is 5.56 Å². The molecule has 1 aromatic carbocycles. The van der Waals surface area contributed by atoms with Crippen LogP contribution in [0.25, 0.3) is 11.3 Å². The van der Waals surface area contributed by atoms with E-state index in [9.17, 15) is 4.79 Å². The molecule has 0 aliphatic rings. The maximum atomic E-state index is 11.9. The van der Waals surface area contributed by atoms with Crippen LogP contribution in [0, 0.1) is 0 Å². The number of carbonyl (C=O) groups is 1. The fourth-order valence-corrected chi connectivity index (χ4v) is 2.75. The second-order valence-corrected chi connectivity index (χ2v) is 5.50. The lowest BCUT2D eigenvalue weighted by atomic mass is 10.1. The Kier molecular flexibility index (Phi) is 4.56. The summed E-state index contributed by atoms with van der Waals surface area (Å²) in [5.74, 6) is -0.374. The lowest BCUT2D eigenvalue weighted by Crippen LogP contribution is -2.03. The Morgan fingerprint density at radius 2 is 2.00 bits per heavy atom. The smallest absolute Gasteiger partial charge is 0.350 e. The Morgan fingerprint density at radius 1 is 1.32 bits per heavy atom. The Morgan fingerprint density at radius 3 is 2.58 bits per heavy atom. The molecular formula is C14H14ClNO2S. The molecule has 1 heterocycles. The first-order valence-corrected chi connectivity index (χ1v) is 7.27. The van der Waals surface area contributed by atoms with Gasteiger partial charge in [-0.2, -0.15) is 0 Å². The molecule has 0 saturated carbocycles. The quantitative estimate of drug-likeness (QED) is 0.794. The third-order valence-corrected chi connectivity index (χ3v) is 3.84. The van der Waals surface area contributed by atoms with Crippen molar-refractivity contribution in [2.45, 2.75) is 20.3 Å². The van der Waals surface area contributed by atoms with Crippen LogP contribution < -0.4 is 0 Å². The summed E-state index contributed by atoms with van der Waals surface area (Å²) in [6.07, 6.45) is 0.975. The molecular weight excluding hydrogens is 282 g/mol. The van der Waals surface area contributed by atoms with Crippen LogP contribution in [-0.4, -0.2) is 17.6 Å². The Balaban J connectivity index is 2.40. The van der Waals surface area contributed by atoms with Crippen LogP contribution in [-0.2, 0) is 11.2 Å². The first-order chi connectivity index (χ1) is 9.15. The van der Waals surface area contributed by atoms with Crippen LogP contribution in [0.5, 0.6) is 0 Å². The molecule has 0 fully saturated rings. The van der Waals surface area contributed by atoms with E-state index < -0.39 is 0 Å². The minimum Gasteiger partial charge on any atom is -0.462 e. The minimum atomic E-state index is -0.374. The van der Waals surface area contributed by atoms with Gasteiger partial charge in [0, 0.05) is 5.56 Å². The predicted molar refractivity (Wildman–Crippen MR) is 77.9 cm³/mol. The molecule has 0 spiro atoms. The van der Waals surface area contributed by atoms with Gasteiger partial charge in [-0.05, 0) is 18.9 Å². The molecule has 0 unspecified atom stereocenters. The number of aromatic nitrogens is 1. The Hall–Kier alpha value is -1.39. The first-order valence-electron chi connectivity index (χ1n) is 6.08. The predicted octanol–water partition coefficient (Wildman–Crippen LogP) is 4.20. The van der Waals surface area contributed by atoms with Crippen molar-refractivity contribution in [3.8, 4) is 11.3 Å². The molecule has 0 saturated heterocycles. The van der Waals surface area contributed by atoms with Crippen LogP contribution in [0.2, 0.25) is 4.47 Å². The summed E-state index contributed by atoms with van der Waals surface area (Å²) >= 11 is 7.06. The summed E-state index contributed by atoms with van der Waals surface area (Å²) in [5.41, 5.74) is 2.71. The van der Waals surface area contributed by atoms with Gasteiger partial charge in [-0.25, -0.2) is 9.78 Å². The van der Waals surface area contributed by atoms with Gasteiger partial charge in [0.15, 0.2) is 4.47 Å². The van der Waals surface area contributed by atoms with Crippen molar-refractivity contribution in [1.29, 1.82) is 0 Å². The van der Waals surface area contributed by atoms with Gasteiger partial charge in [-0.3, -0.25) is 0 Å². The zero-order valence-electron chi connectivity index (χ0n) is 10.8. The fraction of sp³-hybridized carbons (Fsp3) is 0.286. The van der Waals surface area contributed by atoms with E-state index in [0.29, 0.717) is 21.6 Å². The molecule has 0 N–H and O–H groups in total. The highest BCUT2D eigenvalue weighted by Crippen LogP contribution is 2.31. The van der Waals surface area contributed by atoms with Crippen molar-refractivity contribution < 1.29 is 9.53 Å². The molecule has 19 heavy (non-hydrogen) atoms. The lowest BCUT2D eigenvalue weighted by molar-refractivity contribution is 0.0532. The summed E-state index contributed by atoms with van der Waals surface area (Å²) in [4.78, 5) is 16.5. The summed E-state index contributed by atoms with van der Waals surface area (Å²) in [6, 6.07) is 7.95. The van der Waals surface area contributed by atoms with E-state index in [1.807, 2.05) is 24.3 Å². The molecule has 3 nitrogen and oxygen atoms in total. The maximum Gasteiger partial charge on any atom is 0.350 e. The standard InChI is InChI=1S/C14H14ClNO2S/c1-3-9-5-7-10(8-6-9)11-12(13(17)18-4-2)19-14(15)16-11/h5-8H,3-4H2,1-2H3. The monoisotopic (exact) mass is 295 g/mol. The van der Waals surface area contributed by atoms with E-state index in [-0.39, 0.29) is 5.97 Å². The number of rotatable bonds is 4. The molecule has 2 rings (SSSR count). The molecule has 1 aromatic heterocycles. The SMILES string of the molecule is CCOC(=O)c1sc(Cl)nc1-c1ccc(CC)cc1. The highest BCUT2D eigenvalue weighted by molar-refractivity contribution is 7.17. The average Bonchev–Trinajstić information content (AvgIpc) is 2.81. The highest BCUT2D eigenvalue weighted by Gasteiger charge is 2.19. The first kappa shape index (κ1) is 14.0. The molecule has 0 aliphatic carbocycles.